The van der Waals surface area contributed by atoms with Crippen LogP contribution in [0.25, 0.3) is 0 Å². The van der Waals surface area contributed by atoms with E-state index < -0.39 is 29.2 Å². The van der Waals surface area contributed by atoms with Crippen LogP contribution < -0.4 is 0 Å². The first-order chi connectivity index (χ1) is 14.8. The molecule has 3 rings (SSSR count). The van der Waals surface area contributed by atoms with E-state index in [9.17, 15) is 24.9 Å². The molecule has 3 N–H and O–H groups in total. The lowest BCUT2D eigenvalue weighted by Crippen LogP contribution is -2.34. The zero-order chi connectivity index (χ0) is 22.4. The number of rotatable bonds is 8. The van der Waals surface area contributed by atoms with E-state index in [4.69, 9.17) is 4.74 Å². The SMILES string of the molecule is CC(CCCOC(=O)C1CCCCC1C(=O)O)(c1ccc(O)cc1)c1ccc(O)cc1. The van der Waals surface area contributed by atoms with Crippen molar-refractivity contribution in [1.82, 2.24) is 0 Å². The van der Waals surface area contributed by atoms with Crippen LogP contribution in [0, 0.1) is 11.8 Å². The molecule has 1 aliphatic carbocycles. The molecule has 0 saturated heterocycles. The minimum Gasteiger partial charge on any atom is -0.508 e. The van der Waals surface area contributed by atoms with E-state index in [1.165, 1.54) is 0 Å². The van der Waals surface area contributed by atoms with Crippen molar-refractivity contribution in [2.45, 2.75) is 50.9 Å². The number of aliphatic carboxylic acids is 1. The largest absolute Gasteiger partial charge is 0.508 e. The molecule has 0 aliphatic heterocycles. The Labute approximate surface area is 182 Å². The number of carboxylic acids is 1. The summed E-state index contributed by atoms with van der Waals surface area (Å²) in [6, 6.07) is 14.0. The molecule has 0 bridgehead atoms. The molecule has 31 heavy (non-hydrogen) atoms. The maximum atomic E-state index is 12.5. The highest BCUT2D eigenvalue weighted by molar-refractivity contribution is 5.81. The van der Waals surface area contributed by atoms with Gasteiger partial charge in [0.25, 0.3) is 0 Å². The molecule has 2 aromatic rings. The van der Waals surface area contributed by atoms with Crippen molar-refractivity contribution in [2.75, 3.05) is 6.61 Å². The average molecular weight is 427 g/mol. The van der Waals surface area contributed by atoms with Crippen LogP contribution in [0.1, 0.15) is 56.6 Å². The van der Waals surface area contributed by atoms with Crippen molar-refractivity contribution in [3.05, 3.63) is 59.7 Å². The van der Waals surface area contributed by atoms with Crippen molar-refractivity contribution in [1.29, 1.82) is 0 Å². The number of hydrogen-bond acceptors (Lipinski definition) is 5. The van der Waals surface area contributed by atoms with E-state index in [-0.39, 0.29) is 18.1 Å². The average Bonchev–Trinajstić information content (AvgIpc) is 2.77. The van der Waals surface area contributed by atoms with Crippen molar-refractivity contribution < 1.29 is 29.6 Å². The van der Waals surface area contributed by atoms with Crippen molar-refractivity contribution >= 4 is 11.9 Å². The Balaban J connectivity index is 1.67. The molecule has 0 aromatic heterocycles. The Bertz CT molecular complexity index is 842. The minimum atomic E-state index is -0.922. The second-order valence-electron chi connectivity index (χ2n) is 8.53. The second-order valence-corrected chi connectivity index (χ2v) is 8.53. The third-order valence-electron chi connectivity index (χ3n) is 6.46. The summed E-state index contributed by atoms with van der Waals surface area (Å²) in [5.74, 6) is -2.18. The van der Waals surface area contributed by atoms with Crippen molar-refractivity contribution in [3.63, 3.8) is 0 Å². The molecule has 0 radical (unpaired) electrons. The van der Waals surface area contributed by atoms with Gasteiger partial charge in [0.05, 0.1) is 18.4 Å². The first-order valence-corrected chi connectivity index (χ1v) is 10.8. The van der Waals surface area contributed by atoms with Gasteiger partial charge in [0.15, 0.2) is 0 Å². The molecule has 1 fully saturated rings. The van der Waals surface area contributed by atoms with Crippen LogP contribution in [0.5, 0.6) is 11.5 Å². The summed E-state index contributed by atoms with van der Waals surface area (Å²) < 4.78 is 5.49. The summed E-state index contributed by atoms with van der Waals surface area (Å²) in [5.41, 5.74) is 1.59. The summed E-state index contributed by atoms with van der Waals surface area (Å²) in [5, 5.41) is 28.7. The Morgan fingerprint density at radius 3 is 1.87 bits per heavy atom. The molecular weight excluding hydrogens is 396 g/mol. The summed E-state index contributed by atoms with van der Waals surface area (Å²) >= 11 is 0. The fourth-order valence-corrected chi connectivity index (χ4v) is 4.53. The van der Waals surface area contributed by atoms with Crippen LogP contribution in [-0.4, -0.2) is 33.9 Å². The van der Waals surface area contributed by atoms with Gasteiger partial charge in [-0.25, -0.2) is 0 Å². The van der Waals surface area contributed by atoms with Crippen LogP contribution in [0.3, 0.4) is 0 Å². The smallest absolute Gasteiger partial charge is 0.309 e. The third kappa shape index (κ3) is 5.37. The van der Waals surface area contributed by atoms with Gasteiger partial charge in [0.1, 0.15) is 11.5 Å². The predicted octanol–water partition coefficient (Wildman–Crippen LogP) is 4.62. The predicted molar refractivity (Wildman–Crippen MR) is 116 cm³/mol. The van der Waals surface area contributed by atoms with Gasteiger partial charge in [-0.15, -0.1) is 0 Å². The van der Waals surface area contributed by atoms with Gasteiger partial charge >= 0.3 is 11.9 Å². The van der Waals surface area contributed by atoms with Crippen LogP contribution in [0.15, 0.2) is 48.5 Å². The summed E-state index contributed by atoms with van der Waals surface area (Å²) in [4.78, 5) is 24.0. The molecule has 166 valence electrons. The second kappa shape index (κ2) is 9.86. The van der Waals surface area contributed by atoms with Gasteiger partial charge in [-0.3, -0.25) is 9.59 Å². The quantitative estimate of drug-likeness (QED) is 0.420. The lowest BCUT2D eigenvalue weighted by atomic mass is 9.73. The molecule has 0 heterocycles. The van der Waals surface area contributed by atoms with E-state index in [2.05, 4.69) is 6.92 Å². The van der Waals surface area contributed by atoms with Gasteiger partial charge in [0.2, 0.25) is 0 Å². The Hall–Kier alpha value is -3.02. The number of ether oxygens (including phenoxy) is 1. The highest BCUT2D eigenvalue weighted by Gasteiger charge is 2.37. The maximum Gasteiger partial charge on any atom is 0.309 e. The number of carbonyl (C=O) groups excluding carboxylic acids is 1. The fraction of sp³-hybridized carbons (Fsp3) is 0.440. The standard InChI is InChI=1S/C25H30O6/c1-25(17-7-11-19(26)12-8-17,18-9-13-20(27)14-10-18)15-4-16-31-24(30)22-6-3-2-5-21(22)23(28)29/h7-14,21-22,26-27H,2-6,15-16H2,1H3,(H,28,29). The normalized spacial score (nSPS) is 19.0. The minimum absolute atomic E-state index is 0.186. The van der Waals surface area contributed by atoms with Gasteiger partial charge in [-0.05, 0) is 61.1 Å². The van der Waals surface area contributed by atoms with E-state index in [1.54, 1.807) is 24.3 Å². The van der Waals surface area contributed by atoms with E-state index in [1.807, 2.05) is 24.3 Å². The zero-order valence-corrected chi connectivity index (χ0v) is 17.8. The van der Waals surface area contributed by atoms with Gasteiger partial charge in [-0.2, -0.15) is 0 Å². The molecule has 0 amide bonds. The number of esters is 1. The summed E-state index contributed by atoms with van der Waals surface area (Å²) in [6.45, 7) is 2.29. The number of hydrogen-bond donors (Lipinski definition) is 3. The third-order valence-corrected chi connectivity index (χ3v) is 6.46. The van der Waals surface area contributed by atoms with E-state index in [0.29, 0.717) is 25.7 Å². The maximum absolute atomic E-state index is 12.5. The fourth-order valence-electron chi connectivity index (χ4n) is 4.53. The molecule has 2 unspecified atom stereocenters. The Kier molecular flexibility index (Phi) is 7.21. The number of benzene rings is 2. The number of phenolic OH excluding ortho intramolecular Hbond substituents is 2. The molecular formula is C25H30O6. The zero-order valence-electron chi connectivity index (χ0n) is 17.8. The number of carbonyl (C=O) groups is 2. The molecule has 1 aliphatic rings. The van der Waals surface area contributed by atoms with Gasteiger partial charge < -0.3 is 20.1 Å². The van der Waals surface area contributed by atoms with Crippen LogP contribution >= 0.6 is 0 Å². The van der Waals surface area contributed by atoms with Crippen LogP contribution in [-0.2, 0) is 19.7 Å². The highest BCUT2D eigenvalue weighted by Crippen LogP contribution is 2.38. The monoisotopic (exact) mass is 426 g/mol. The summed E-state index contributed by atoms with van der Waals surface area (Å²) in [7, 11) is 0. The Morgan fingerprint density at radius 2 is 1.39 bits per heavy atom. The van der Waals surface area contributed by atoms with Crippen molar-refractivity contribution in [2.24, 2.45) is 11.8 Å². The number of carboxylic acid groups (broad SMARTS) is 1. The topological polar surface area (TPSA) is 104 Å². The lowest BCUT2D eigenvalue weighted by molar-refractivity contribution is -0.159. The van der Waals surface area contributed by atoms with E-state index >= 15 is 0 Å². The number of phenols is 2. The molecule has 1 saturated carbocycles. The van der Waals surface area contributed by atoms with Gasteiger partial charge in [-0.1, -0.05) is 44.0 Å². The van der Waals surface area contributed by atoms with Crippen molar-refractivity contribution in [3.8, 4) is 11.5 Å². The van der Waals surface area contributed by atoms with Gasteiger partial charge in [0, 0.05) is 5.41 Å². The van der Waals surface area contributed by atoms with Crippen LogP contribution in [0.2, 0.25) is 0 Å². The first kappa shape index (κ1) is 22.7. The molecule has 6 heteroatoms. The molecule has 6 nitrogen and oxygen atoms in total. The Morgan fingerprint density at radius 1 is 0.903 bits per heavy atom. The molecule has 0 spiro atoms. The van der Waals surface area contributed by atoms with Crippen LogP contribution in [0.4, 0.5) is 0 Å². The summed E-state index contributed by atoms with van der Waals surface area (Å²) in [6.07, 6.45) is 4.03. The van der Waals surface area contributed by atoms with E-state index in [0.717, 1.165) is 24.0 Å². The highest BCUT2D eigenvalue weighted by atomic mass is 16.5. The number of aromatic hydroxyl groups is 2. The first-order valence-electron chi connectivity index (χ1n) is 10.8. The molecule has 2 atom stereocenters. The lowest BCUT2D eigenvalue weighted by Gasteiger charge is -2.31. The molecule has 2 aromatic carbocycles.